The molecule has 1 aliphatic rings. The van der Waals surface area contributed by atoms with E-state index >= 15 is 0 Å². The molecular formula is C19H18N2O3S. The maximum Gasteiger partial charge on any atom is 0.326 e. The van der Waals surface area contributed by atoms with Crippen molar-refractivity contribution in [2.75, 3.05) is 0 Å². The minimum absolute atomic E-state index is 0.241. The van der Waals surface area contributed by atoms with Gasteiger partial charge < -0.3 is 5.11 Å². The van der Waals surface area contributed by atoms with Gasteiger partial charge in [0.1, 0.15) is 16.7 Å². The van der Waals surface area contributed by atoms with Gasteiger partial charge in [0.2, 0.25) is 0 Å². The molecule has 1 N–H and O–H groups in total. The molecule has 128 valence electrons. The van der Waals surface area contributed by atoms with Gasteiger partial charge in [0.15, 0.2) is 0 Å². The number of hydrogen-bond donors (Lipinski definition) is 1. The first-order chi connectivity index (χ1) is 12.0. The van der Waals surface area contributed by atoms with Crippen LogP contribution in [0.1, 0.15) is 35.4 Å². The minimum Gasteiger partial charge on any atom is -0.480 e. The highest BCUT2D eigenvalue weighted by Gasteiger charge is 2.27. The van der Waals surface area contributed by atoms with Crippen molar-refractivity contribution in [1.29, 1.82) is 0 Å². The summed E-state index contributed by atoms with van der Waals surface area (Å²) in [4.78, 5) is 31.5. The molecule has 0 radical (unpaired) electrons. The van der Waals surface area contributed by atoms with E-state index in [-0.39, 0.29) is 5.56 Å². The van der Waals surface area contributed by atoms with Gasteiger partial charge in [0, 0.05) is 10.4 Å². The van der Waals surface area contributed by atoms with Crippen LogP contribution in [0, 0.1) is 6.92 Å². The summed E-state index contributed by atoms with van der Waals surface area (Å²) in [7, 11) is 0. The lowest BCUT2D eigenvalue weighted by Crippen LogP contribution is -2.30. The molecule has 3 aromatic rings. The Morgan fingerprint density at radius 3 is 2.68 bits per heavy atom. The van der Waals surface area contributed by atoms with E-state index in [1.54, 1.807) is 11.3 Å². The molecule has 1 unspecified atom stereocenters. The Hall–Kier alpha value is -2.47. The second-order valence-corrected chi connectivity index (χ2v) is 7.61. The number of thiophene rings is 1. The van der Waals surface area contributed by atoms with Gasteiger partial charge in [-0.15, -0.1) is 11.3 Å². The standard InChI is InChI=1S/C19H18N2O3S/c1-10-6-8-12(9-7-10)16-20-17-15(13-4-3-5-14(13)25-17)18(22)21(16)11(2)19(23)24/h6-9,11H,3-5H2,1-2H3,(H,23,24). The topological polar surface area (TPSA) is 72.2 Å². The second-order valence-electron chi connectivity index (χ2n) is 6.53. The number of hydrogen-bond acceptors (Lipinski definition) is 4. The van der Waals surface area contributed by atoms with E-state index in [0.29, 0.717) is 11.2 Å². The molecule has 0 bridgehead atoms. The van der Waals surface area contributed by atoms with Crippen molar-refractivity contribution in [2.24, 2.45) is 0 Å². The average Bonchev–Trinajstić information content (AvgIpc) is 3.15. The SMILES string of the molecule is Cc1ccc(-c2nc3sc4c(c3c(=O)n2C(C)C(=O)O)CCC4)cc1. The molecular weight excluding hydrogens is 336 g/mol. The summed E-state index contributed by atoms with van der Waals surface area (Å²) in [6.45, 7) is 3.51. The van der Waals surface area contributed by atoms with Crippen LogP contribution in [0.3, 0.4) is 0 Å². The zero-order valence-electron chi connectivity index (χ0n) is 14.1. The molecule has 2 aromatic heterocycles. The fraction of sp³-hybridized carbons (Fsp3) is 0.316. The van der Waals surface area contributed by atoms with Gasteiger partial charge in [-0.1, -0.05) is 29.8 Å². The Labute approximate surface area is 148 Å². The largest absolute Gasteiger partial charge is 0.480 e. The van der Waals surface area contributed by atoms with Crippen LogP contribution in [0.4, 0.5) is 0 Å². The smallest absolute Gasteiger partial charge is 0.326 e. The van der Waals surface area contributed by atoms with Crippen molar-refractivity contribution in [3.8, 4) is 11.4 Å². The van der Waals surface area contributed by atoms with Crippen LogP contribution in [0.25, 0.3) is 21.6 Å². The summed E-state index contributed by atoms with van der Waals surface area (Å²) in [5.74, 6) is -0.615. The van der Waals surface area contributed by atoms with Gasteiger partial charge in [-0.2, -0.15) is 0 Å². The predicted octanol–water partition coefficient (Wildman–Crippen LogP) is 3.57. The van der Waals surface area contributed by atoms with E-state index in [4.69, 9.17) is 4.98 Å². The molecule has 0 spiro atoms. The van der Waals surface area contributed by atoms with E-state index < -0.39 is 12.0 Å². The quantitative estimate of drug-likeness (QED) is 0.780. The predicted molar refractivity (Wildman–Crippen MR) is 98.4 cm³/mol. The Kier molecular flexibility index (Phi) is 3.72. The molecule has 0 amide bonds. The zero-order valence-corrected chi connectivity index (χ0v) is 14.9. The first kappa shape index (κ1) is 16.0. The average molecular weight is 354 g/mol. The molecule has 2 heterocycles. The lowest BCUT2D eigenvalue weighted by molar-refractivity contribution is -0.140. The van der Waals surface area contributed by atoms with Crippen LogP contribution >= 0.6 is 11.3 Å². The number of aliphatic carboxylic acids is 1. The van der Waals surface area contributed by atoms with Crippen LogP contribution < -0.4 is 5.56 Å². The van der Waals surface area contributed by atoms with E-state index in [1.165, 1.54) is 16.4 Å². The molecule has 1 aromatic carbocycles. The van der Waals surface area contributed by atoms with Gasteiger partial charge in [0.05, 0.1) is 5.39 Å². The van der Waals surface area contributed by atoms with E-state index in [9.17, 15) is 14.7 Å². The number of nitrogens with zero attached hydrogens (tertiary/aromatic N) is 2. The number of aryl methyl sites for hydroxylation is 3. The highest BCUT2D eigenvalue weighted by atomic mass is 32.1. The van der Waals surface area contributed by atoms with Crippen molar-refractivity contribution in [3.05, 3.63) is 50.6 Å². The third-order valence-corrected chi connectivity index (χ3v) is 6.01. The molecule has 0 saturated heterocycles. The van der Waals surface area contributed by atoms with E-state index in [2.05, 4.69) is 0 Å². The molecule has 0 fully saturated rings. The second kappa shape index (κ2) is 5.81. The third-order valence-electron chi connectivity index (χ3n) is 4.83. The molecule has 0 saturated carbocycles. The van der Waals surface area contributed by atoms with Crippen LogP contribution in [0.15, 0.2) is 29.1 Å². The van der Waals surface area contributed by atoms with Crippen molar-refractivity contribution in [1.82, 2.24) is 9.55 Å². The molecule has 4 rings (SSSR count). The van der Waals surface area contributed by atoms with Crippen LogP contribution in [0.5, 0.6) is 0 Å². The van der Waals surface area contributed by atoms with Crippen molar-refractivity contribution >= 4 is 27.5 Å². The van der Waals surface area contributed by atoms with Crippen LogP contribution in [-0.2, 0) is 17.6 Å². The van der Waals surface area contributed by atoms with E-state index in [1.807, 2.05) is 31.2 Å². The van der Waals surface area contributed by atoms with Gasteiger partial charge in [-0.05, 0) is 38.7 Å². The first-order valence-corrected chi connectivity index (χ1v) is 9.15. The van der Waals surface area contributed by atoms with Crippen LogP contribution in [0.2, 0.25) is 0 Å². The number of carboxylic acids is 1. The maximum atomic E-state index is 13.2. The lowest BCUT2D eigenvalue weighted by Gasteiger charge is -2.16. The molecule has 5 nitrogen and oxygen atoms in total. The number of fused-ring (bicyclic) bond motifs is 3. The fourth-order valence-electron chi connectivity index (χ4n) is 3.43. The van der Waals surface area contributed by atoms with Crippen molar-refractivity contribution < 1.29 is 9.90 Å². The fourth-order valence-corrected chi connectivity index (χ4v) is 4.68. The summed E-state index contributed by atoms with van der Waals surface area (Å²) >= 11 is 1.57. The molecule has 0 aliphatic heterocycles. The number of benzene rings is 1. The number of aromatic nitrogens is 2. The van der Waals surface area contributed by atoms with Gasteiger partial charge in [-0.3, -0.25) is 9.36 Å². The summed E-state index contributed by atoms with van der Waals surface area (Å²) in [5.41, 5.74) is 2.68. The van der Waals surface area contributed by atoms with E-state index in [0.717, 1.165) is 40.8 Å². The summed E-state index contributed by atoms with van der Waals surface area (Å²) in [6.07, 6.45) is 2.90. The number of carboxylic acid groups (broad SMARTS) is 1. The molecule has 1 atom stereocenters. The molecule has 25 heavy (non-hydrogen) atoms. The Morgan fingerprint density at radius 1 is 1.28 bits per heavy atom. The third kappa shape index (κ3) is 2.48. The highest BCUT2D eigenvalue weighted by Crippen LogP contribution is 2.36. The zero-order chi connectivity index (χ0) is 17.7. The maximum absolute atomic E-state index is 13.2. The Morgan fingerprint density at radius 2 is 2.00 bits per heavy atom. The number of rotatable bonds is 3. The lowest BCUT2D eigenvalue weighted by atomic mass is 10.1. The van der Waals surface area contributed by atoms with Gasteiger partial charge in [0.25, 0.3) is 5.56 Å². The highest BCUT2D eigenvalue weighted by molar-refractivity contribution is 7.18. The Bertz CT molecular complexity index is 1050. The van der Waals surface area contributed by atoms with Crippen LogP contribution in [-0.4, -0.2) is 20.6 Å². The first-order valence-electron chi connectivity index (χ1n) is 8.34. The van der Waals surface area contributed by atoms with Crippen molar-refractivity contribution in [3.63, 3.8) is 0 Å². The molecule has 1 aliphatic carbocycles. The Balaban J connectivity index is 2.07. The minimum atomic E-state index is -1.04. The summed E-state index contributed by atoms with van der Waals surface area (Å²) < 4.78 is 1.33. The monoisotopic (exact) mass is 354 g/mol. The summed E-state index contributed by atoms with van der Waals surface area (Å²) in [5, 5.41) is 10.1. The normalized spacial score (nSPS) is 14.6. The molecule has 6 heteroatoms. The summed E-state index contributed by atoms with van der Waals surface area (Å²) in [6, 6.07) is 6.67. The number of carbonyl (C=O) groups is 1. The van der Waals surface area contributed by atoms with Gasteiger partial charge in [-0.25, -0.2) is 9.78 Å². The van der Waals surface area contributed by atoms with Crippen molar-refractivity contribution in [2.45, 2.75) is 39.2 Å². The van der Waals surface area contributed by atoms with Gasteiger partial charge >= 0.3 is 5.97 Å².